The summed E-state index contributed by atoms with van der Waals surface area (Å²) in [7, 11) is 0. The number of aromatic carboxylic acids is 1. The van der Waals surface area contributed by atoms with E-state index in [9.17, 15) is 27.9 Å². The van der Waals surface area contributed by atoms with Crippen LogP contribution in [0.3, 0.4) is 0 Å². The summed E-state index contributed by atoms with van der Waals surface area (Å²) < 4.78 is 66.3. The van der Waals surface area contributed by atoms with E-state index in [-0.39, 0.29) is 23.5 Å². The van der Waals surface area contributed by atoms with Crippen LogP contribution in [0.5, 0.6) is 5.75 Å². The second-order valence-corrected chi connectivity index (χ2v) is 12.0. The van der Waals surface area contributed by atoms with Crippen LogP contribution in [0, 0.1) is 11.7 Å². The predicted octanol–water partition coefficient (Wildman–Crippen LogP) is 9.57. The quantitative estimate of drug-likeness (QED) is 0.0784. The molecule has 0 amide bonds. The van der Waals surface area contributed by atoms with Crippen molar-refractivity contribution in [1.82, 2.24) is 0 Å². The smallest absolute Gasteiger partial charge is 0.425 e. The van der Waals surface area contributed by atoms with Crippen LogP contribution in [0.15, 0.2) is 60.7 Å². The molecule has 0 aliphatic heterocycles. The van der Waals surface area contributed by atoms with Gasteiger partial charge >= 0.3 is 12.1 Å². The number of ether oxygens (including phenoxy) is 2. The van der Waals surface area contributed by atoms with Gasteiger partial charge in [0, 0.05) is 0 Å². The number of hydrogen-bond donors (Lipinski definition) is 0. The van der Waals surface area contributed by atoms with Crippen molar-refractivity contribution in [3.8, 4) is 28.0 Å². The number of carboxylic acids is 1. The Morgan fingerprint density at radius 2 is 1.41 bits per heavy atom. The van der Waals surface area contributed by atoms with Gasteiger partial charge in [0.25, 0.3) is 0 Å². The van der Waals surface area contributed by atoms with Gasteiger partial charge in [-0.2, -0.15) is 13.2 Å². The molecule has 0 N–H and O–H groups in total. The highest BCUT2D eigenvalue weighted by molar-refractivity contribution is 5.94. The molecule has 0 aliphatic rings. The number of carbonyl (C=O) groups is 2. The van der Waals surface area contributed by atoms with Crippen LogP contribution in [0.1, 0.15) is 106 Å². The SMILES string of the molecule is CCCCCCCCCCOc1ccc(-c2ccc(C(=O)[O-])cc2-c2ccc(C(=O)O[C@H](CCC(C)C)C(F)(F)F)c(F)c2)cc1. The lowest BCUT2D eigenvalue weighted by molar-refractivity contribution is -0.255. The number of alkyl halides is 3. The fraction of sp³-hybridized carbons (Fsp3) is 0.459. The number of carboxylic acid groups (broad SMARTS) is 1. The summed E-state index contributed by atoms with van der Waals surface area (Å²) in [6, 6.07) is 14.8. The van der Waals surface area contributed by atoms with Crippen LogP contribution in [0.25, 0.3) is 22.3 Å². The third-order valence-corrected chi connectivity index (χ3v) is 7.81. The van der Waals surface area contributed by atoms with E-state index in [4.69, 9.17) is 9.47 Å². The first-order valence-electron chi connectivity index (χ1n) is 16.1. The summed E-state index contributed by atoms with van der Waals surface area (Å²) in [6.45, 7) is 6.29. The number of benzene rings is 3. The lowest BCUT2D eigenvalue weighted by atomic mass is 9.92. The predicted molar refractivity (Wildman–Crippen MR) is 169 cm³/mol. The largest absolute Gasteiger partial charge is 0.545 e. The van der Waals surface area contributed by atoms with Gasteiger partial charge in [0.1, 0.15) is 11.6 Å². The summed E-state index contributed by atoms with van der Waals surface area (Å²) in [5.74, 6) is -3.32. The van der Waals surface area contributed by atoms with E-state index in [2.05, 4.69) is 6.92 Å². The average molecular weight is 644 g/mol. The van der Waals surface area contributed by atoms with E-state index < -0.39 is 42.0 Å². The Morgan fingerprint density at radius 1 is 0.783 bits per heavy atom. The maximum atomic E-state index is 15.2. The van der Waals surface area contributed by atoms with Crippen LogP contribution >= 0.6 is 0 Å². The van der Waals surface area contributed by atoms with Crippen molar-refractivity contribution >= 4 is 11.9 Å². The molecule has 1 atom stereocenters. The molecular weight excluding hydrogens is 600 g/mol. The molecule has 0 aromatic heterocycles. The monoisotopic (exact) mass is 643 g/mol. The fourth-order valence-corrected chi connectivity index (χ4v) is 5.13. The van der Waals surface area contributed by atoms with E-state index in [1.165, 1.54) is 56.7 Å². The Morgan fingerprint density at radius 3 is 2.00 bits per heavy atom. The van der Waals surface area contributed by atoms with E-state index >= 15 is 4.39 Å². The van der Waals surface area contributed by atoms with Crippen LogP contribution in [0.4, 0.5) is 17.6 Å². The molecule has 0 radical (unpaired) electrons. The molecule has 9 heteroatoms. The lowest BCUT2D eigenvalue weighted by Gasteiger charge is -2.21. The highest BCUT2D eigenvalue weighted by atomic mass is 19.4. The minimum Gasteiger partial charge on any atom is -0.545 e. The normalized spacial score (nSPS) is 12.3. The number of carbonyl (C=O) groups excluding carboxylic acids is 2. The van der Waals surface area contributed by atoms with Gasteiger partial charge in [-0.3, -0.25) is 0 Å². The Hall–Kier alpha value is -3.88. The Kier molecular flexibility index (Phi) is 14.1. The third kappa shape index (κ3) is 11.2. The maximum Gasteiger partial charge on any atom is 0.425 e. The Labute approximate surface area is 268 Å². The molecule has 250 valence electrons. The number of rotatable bonds is 18. The summed E-state index contributed by atoms with van der Waals surface area (Å²) in [5.41, 5.74) is 1.01. The van der Waals surface area contributed by atoms with Gasteiger partial charge in [-0.1, -0.05) is 96.0 Å². The fourth-order valence-electron chi connectivity index (χ4n) is 5.13. The molecule has 46 heavy (non-hydrogen) atoms. The van der Waals surface area contributed by atoms with Crippen LogP contribution in [0.2, 0.25) is 0 Å². The first kappa shape index (κ1) is 36.6. The molecule has 3 rings (SSSR count). The Balaban J connectivity index is 1.75. The first-order valence-corrected chi connectivity index (χ1v) is 16.1. The van der Waals surface area contributed by atoms with Gasteiger partial charge in [-0.25, -0.2) is 9.18 Å². The Bertz CT molecular complexity index is 1420. The first-order chi connectivity index (χ1) is 21.9. The van der Waals surface area contributed by atoms with Crippen molar-refractivity contribution in [1.29, 1.82) is 0 Å². The second kappa shape index (κ2) is 17.7. The molecule has 0 fully saturated rings. The lowest BCUT2D eigenvalue weighted by Crippen LogP contribution is -2.34. The second-order valence-electron chi connectivity index (χ2n) is 12.0. The molecular formula is C37H43F4O5-. The van der Waals surface area contributed by atoms with Crippen molar-refractivity contribution in [2.24, 2.45) is 5.92 Å². The van der Waals surface area contributed by atoms with Gasteiger partial charge in [0.15, 0.2) is 6.10 Å². The van der Waals surface area contributed by atoms with E-state index in [0.717, 1.165) is 25.0 Å². The average Bonchev–Trinajstić information content (AvgIpc) is 3.01. The zero-order valence-electron chi connectivity index (χ0n) is 26.8. The number of unbranched alkanes of at least 4 members (excludes halogenated alkanes) is 7. The van der Waals surface area contributed by atoms with Crippen molar-refractivity contribution in [2.75, 3.05) is 6.61 Å². The standard InChI is InChI=1S/C37H44F4O5/c1-4-5-6-7-8-9-10-11-22-45-29-17-13-26(14-18-29)30-19-16-28(35(42)43)23-32(30)27-15-20-31(33(38)24-27)36(44)46-34(37(39,40)41)21-12-25(2)3/h13-20,23-25,34H,4-12,21-22H2,1-3H3,(H,42,43)/p-1/t34-/m1/s1. The third-order valence-electron chi connectivity index (χ3n) is 7.81. The minimum absolute atomic E-state index is 0.0472. The molecule has 0 heterocycles. The van der Waals surface area contributed by atoms with Crippen LogP contribution in [-0.2, 0) is 4.74 Å². The molecule has 0 saturated carbocycles. The van der Waals surface area contributed by atoms with Gasteiger partial charge in [0.05, 0.1) is 18.1 Å². The number of esters is 1. The summed E-state index contributed by atoms with van der Waals surface area (Å²) >= 11 is 0. The van der Waals surface area contributed by atoms with Crippen LogP contribution < -0.4 is 9.84 Å². The molecule has 0 spiro atoms. The topological polar surface area (TPSA) is 75.7 Å². The van der Waals surface area contributed by atoms with E-state index in [1.807, 2.05) is 0 Å². The number of hydrogen-bond acceptors (Lipinski definition) is 5. The molecule has 0 unspecified atom stereocenters. The summed E-state index contributed by atoms with van der Waals surface area (Å²) in [4.78, 5) is 24.2. The van der Waals surface area contributed by atoms with Crippen molar-refractivity contribution in [3.63, 3.8) is 0 Å². The van der Waals surface area contributed by atoms with Gasteiger partial charge in [-0.05, 0) is 83.3 Å². The highest BCUT2D eigenvalue weighted by Gasteiger charge is 2.42. The van der Waals surface area contributed by atoms with Crippen molar-refractivity contribution < 1.29 is 41.7 Å². The van der Waals surface area contributed by atoms with Gasteiger partial charge in [0.2, 0.25) is 0 Å². The molecule has 0 aliphatic carbocycles. The van der Waals surface area contributed by atoms with Crippen molar-refractivity contribution in [2.45, 2.75) is 97.3 Å². The van der Waals surface area contributed by atoms with E-state index in [0.29, 0.717) is 29.0 Å². The zero-order chi connectivity index (χ0) is 33.7. The van der Waals surface area contributed by atoms with Gasteiger partial charge < -0.3 is 19.4 Å². The zero-order valence-corrected chi connectivity index (χ0v) is 26.8. The van der Waals surface area contributed by atoms with E-state index in [1.54, 1.807) is 44.2 Å². The molecule has 3 aromatic rings. The summed E-state index contributed by atoms with van der Waals surface area (Å²) in [6.07, 6.45) is 2.14. The number of halogens is 4. The minimum atomic E-state index is -4.80. The molecule has 5 nitrogen and oxygen atoms in total. The van der Waals surface area contributed by atoms with Gasteiger partial charge in [-0.15, -0.1) is 0 Å². The van der Waals surface area contributed by atoms with Crippen LogP contribution in [-0.4, -0.2) is 30.8 Å². The van der Waals surface area contributed by atoms with Crippen molar-refractivity contribution in [3.05, 3.63) is 77.6 Å². The molecule has 3 aromatic carbocycles. The summed E-state index contributed by atoms with van der Waals surface area (Å²) in [5, 5.41) is 11.6. The molecule has 0 saturated heterocycles. The highest BCUT2D eigenvalue weighted by Crippen LogP contribution is 2.35. The maximum absolute atomic E-state index is 15.2. The molecule has 0 bridgehead atoms.